The number of aromatic nitrogens is 5. The van der Waals surface area contributed by atoms with Crippen molar-refractivity contribution < 1.29 is 9.53 Å². The van der Waals surface area contributed by atoms with Crippen molar-refractivity contribution in [1.82, 2.24) is 29.9 Å². The van der Waals surface area contributed by atoms with E-state index in [4.69, 9.17) is 4.74 Å². The summed E-state index contributed by atoms with van der Waals surface area (Å²) in [6, 6.07) is 9.31. The third-order valence-corrected chi connectivity index (χ3v) is 5.99. The molecule has 1 unspecified atom stereocenters. The zero-order valence-electron chi connectivity index (χ0n) is 17.1. The molecular formula is C21H24N6O2S. The average Bonchev–Trinajstić information content (AvgIpc) is 3.21. The SMILES string of the molecule is COc1ccc(-n2nnc(C(=O)N3CCCC(C)C3)c2CSc2ncccn2)cc1. The summed E-state index contributed by atoms with van der Waals surface area (Å²) in [6.07, 6.45) is 5.57. The summed E-state index contributed by atoms with van der Waals surface area (Å²) >= 11 is 1.45. The monoisotopic (exact) mass is 424 g/mol. The summed E-state index contributed by atoms with van der Waals surface area (Å²) in [5.41, 5.74) is 1.95. The van der Waals surface area contributed by atoms with Crippen LogP contribution < -0.4 is 4.74 Å². The Balaban J connectivity index is 1.66. The summed E-state index contributed by atoms with van der Waals surface area (Å²) in [4.78, 5) is 23.7. The first-order valence-electron chi connectivity index (χ1n) is 9.94. The van der Waals surface area contributed by atoms with Crippen LogP contribution in [-0.4, -0.2) is 56.0 Å². The van der Waals surface area contributed by atoms with Crippen LogP contribution in [0.15, 0.2) is 47.9 Å². The van der Waals surface area contributed by atoms with Gasteiger partial charge in [-0.15, -0.1) is 5.10 Å². The number of amides is 1. The highest BCUT2D eigenvalue weighted by Gasteiger charge is 2.28. The first-order chi connectivity index (χ1) is 14.7. The van der Waals surface area contributed by atoms with E-state index in [2.05, 4.69) is 27.2 Å². The lowest BCUT2D eigenvalue weighted by Crippen LogP contribution is -2.39. The van der Waals surface area contributed by atoms with Crippen molar-refractivity contribution in [3.05, 3.63) is 54.1 Å². The van der Waals surface area contributed by atoms with Gasteiger partial charge in [0, 0.05) is 31.2 Å². The van der Waals surface area contributed by atoms with Crippen molar-refractivity contribution in [3.8, 4) is 11.4 Å². The molecule has 1 aromatic carbocycles. The summed E-state index contributed by atoms with van der Waals surface area (Å²) in [5, 5.41) is 9.24. The van der Waals surface area contributed by atoms with Crippen LogP contribution in [0.1, 0.15) is 35.9 Å². The van der Waals surface area contributed by atoms with Gasteiger partial charge in [0.15, 0.2) is 10.9 Å². The number of carbonyl (C=O) groups is 1. The van der Waals surface area contributed by atoms with Crippen LogP contribution in [0.25, 0.3) is 5.69 Å². The molecular weight excluding hydrogens is 400 g/mol. The third kappa shape index (κ3) is 4.46. The Morgan fingerprint density at radius 3 is 2.70 bits per heavy atom. The van der Waals surface area contributed by atoms with Gasteiger partial charge in [-0.2, -0.15) is 0 Å². The Labute approximate surface area is 179 Å². The molecule has 1 amide bonds. The number of ether oxygens (including phenoxy) is 1. The smallest absolute Gasteiger partial charge is 0.276 e. The van der Waals surface area contributed by atoms with Gasteiger partial charge in [-0.1, -0.05) is 23.9 Å². The first kappa shape index (κ1) is 20.3. The van der Waals surface area contributed by atoms with Gasteiger partial charge in [-0.3, -0.25) is 4.79 Å². The maximum Gasteiger partial charge on any atom is 0.276 e. The molecule has 1 atom stereocenters. The molecule has 4 rings (SSSR count). The van der Waals surface area contributed by atoms with Crippen LogP contribution >= 0.6 is 11.8 Å². The van der Waals surface area contributed by atoms with Crippen LogP contribution in [0.4, 0.5) is 0 Å². The number of carbonyl (C=O) groups excluding carboxylic acids is 1. The van der Waals surface area contributed by atoms with Crippen molar-refractivity contribution in [2.24, 2.45) is 5.92 Å². The van der Waals surface area contributed by atoms with Gasteiger partial charge >= 0.3 is 0 Å². The number of hydrogen-bond acceptors (Lipinski definition) is 7. The maximum atomic E-state index is 13.3. The molecule has 156 valence electrons. The molecule has 0 saturated carbocycles. The Bertz CT molecular complexity index is 992. The van der Waals surface area contributed by atoms with Gasteiger partial charge in [0.25, 0.3) is 5.91 Å². The van der Waals surface area contributed by atoms with E-state index in [9.17, 15) is 4.79 Å². The van der Waals surface area contributed by atoms with Crippen LogP contribution in [0.3, 0.4) is 0 Å². The van der Waals surface area contributed by atoms with Gasteiger partial charge in [0.05, 0.1) is 18.5 Å². The summed E-state index contributed by atoms with van der Waals surface area (Å²) in [6.45, 7) is 3.69. The topological polar surface area (TPSA) is 86.0 Å². The quantitative estimate of drug-likeness (QED) is 0.443. The van der Waals surface area contributed by atoms with E-state index < -0.39 is 0 Å². The van der Waals surface area contributed by atoms with Gasteiger partial charge in [0.2, 0.25) is 0 Å². The molecule has 0 bridgehead atoms. The molecule has 1 fully saturated rings. The van der Waals surface area contributed by atoms with E-state index in [-0.39, 0.29) is 5.91 Å². The average molecular weight is 425 g/mol. The molecule has 1 aliphatic heterocycles. The Morgan fingerprint density at radius 1 is 1.23 bits per heavy atom. The number of benzene rings is 1. The lowest BCUT2D eigenvalue weighted by atomic mass is 10.00. The molecule has 1 aliphatic rings. The van der Waals surface area contributed by atoms with Crippen LogP contribution in [-0.2, 0) is 5.75 Å². The number of methoxy groups -OCH3 is 1. The predicted octanol–water partition coefficient (Wildman–Crippen LogP) is 3.23. The molecule has 9 heteroatoms. The molecule has 3 aromatic rings. The third-order valence-electron chi connectivity index (χ3n) is 5.11. The fourth-order valence-corrected chi connectivity index (χ4v) is 4.34. The zero-order chi connectivity index (χ0) is 20.9. The number of nitrogens with zero attached hydrogens (tertiary/aromatic N) is 6. The number of rotatable bonds is 6. The second-order valence-electron chi connectivity index (χ2n) is 7.31. The zero-order valence-corrected chi connectivity index (χ0v) is 17.9. The highest BCUT2D eigenvalue weighted by Crippen LogP contribution is 2.25. The van der Waals surface area contributed by atoms with E-state index in [1.807, 2.05) is 29.2 Å². The molecule has 8 nitrogen and oxygen atoms in total. The predicted molar refractivity (Wildman–Crippen MR) is 114 cm³/mol. The Morgan fingerprint density at radius 2 is 2.00 bits per heavy atom. The fraction of sp³-hybridized carbons (Fsp3) is 0.381. The summed E-state index contributed by atoms with van der Waals surface area (Å²) in [5.74, 6) is 1.67. The first-order valence-corrected chi connectivity index (χ1v) is 10.9. The highest BCUT2D eigenvalue weighted by atomic mass is 32.2. The van der Waals surface area contributed by atoms with Gasteiger partial charge in [-0.25, -0.2) is 14.6 Å². The van der Waals surface area contributed by atoms with Crippen molar-refractivity contribution in [2.75, 3.05) is 20.2 Å². The lowest BCUT2D eigenvalue weighted by Gasteiger charge is -2.30. The van der Waals surface area contributed by atoms with Crippen molar-refractivity contribution >= 4 is 17.7 Å². The molecule has 0 N–H and O–H groups in total. The summed E-state index contributed by atoms with van der Waals surface area (Å²) in [7, 11) is 1.63. The number of thioether (sulfide) groups is 1. The van der Waals surface area contributed by atoms with Crippen molar-refractivity contribution in [3.63, 3.8) is 0 Å². The fourth-order valence-electron chi connectivity index (χ4n) is 3.54. The van der Waals surface area contributed by atoms with E-state index in [0.717, 1.165) is 43.1 Å². The van der Waals surface area contributed by atoms with Gasteiger partial charge < -0.3 is 9.64 Å². The Kier molecular flexibility index (Phi) is 6.27. The molecule has 3 heterocycles. The Hall–Kier alpha value is -2.94. The van der Waals surface area contributed by atoms with Gasteiger partial charge in [0.1, 0.15) is 5.75 Å². The van der Waals surface area contributed by atoms with E-state index in [0.29, 0.717) is 22.5 Å². The minimum absolute atomic E-state index is 0.0640. The summed E-state index contributed by atoms with van der Waals surface area (Å²) < 4.78 is 6.96. The number of likely N-dealkylation sites (tertiary alicyclic amines) is 1. The standard InChI is InChI=1S/C21H24N6O2S/c1-15-5-3-12-26(13-15)20(28)19-18(14-30-21-22-10-4-11-23-21)27(25-24-19)16-6-8-17(29-2)9-7-16/h4,6-11,15H,3,5,12-14H2,1-2H3. The molecule has 0 spiro atoms. The molecule has 1 saturated heterocycles. The van der Waals surface area contributed by atoms with E-state index in [1.165, 1.54) is 11.8 Å². The molecule has 2 aromatic heterocycles. The highest BCUT2D eigenvalue weighted by molar-refractivity contribution is 7.98. The van der Waals surface area contributed by atoms with Crippen molar-refractivity contribution in [2.45, 2.75) is 30.7 Å². The number of hydrogen-bond donors (Lipinski definition) is 0. The minimum atomic E-state index is -0.0640. The number of piperidine rings is 1. The second kappa shape index (κ2) is 9.25. The van der Waals surface area contributed by atoms with Crippen LogP contribution in [0.2, 0.25) is 0 Å². The van der Waals surface area contributed by atoms with Crippen molar-refractivity contribution in [1.29, 1.82) is 0 Å². The second-order valence-corrected chi connectivity index (χ2v) is 8.26. The normalized spacial score (nSPS) is 16.5. The maximum absolute atomic E-state index is 13.3. The minimum Gasteiger partial charge on any atom is -0.497 e. The van der Waals surface area contributed by atoms with Crippen LogP contribution in [0, 0.1) is 5.92 Å². The van der Waals surface area contributed by atoms with E-state index in [1.54, 1.807) is 30.3 Å². The molecule has 30 heavy (non-hydrogen) atoms. The largest absolute Gasteiger partial charge is 0.497 e. The van der Waals surface area contributed by atoms with Crippen LogP contribution in [0.5, 0.6) is 5.75 Å². The molecule has 0 aliphatic carbocycles. The molecule has 0 radical (unpaired) electrons. The lowest BCUT2D eigenvalue weighted by molar-refractivity contribution is 0.0676. The van der Waals surface area contributed by atoms with E-state index >= 15 is 0 Å². The van der Waals surface area contributed by atoms with Gasteiger partial charge in [-0.05, 0) is 49.1 Å².